The van der Waals surface area contributed by atoms with Gasteiger partial charge < -0.3 is 9.47 Å². The number of unbranched alkanes of at least 4 members (excludes halogenated alkanes) is 1. The Balaban J connectivity index is 3.04. The van der Waals surface area contributed by atoms with Crippen LogP contribution in [0.3, 0.4) is 0 Å². The molecule has 0 amide bonds. The number of methoxy groups -OCH3 is 2. The number of hydrogen-bond donors (Lipinski definition) is 0. The molecule has 0 aliphatic rings. The summed E-state index contributed by atoms with van der Waals surface area (Å²) in [7, 11) is 3.32. The van der Waals surface area contributed by atoms with Gasteiger partial charge in [0.15, 0.2) is 11.5 Å². The predicted molar refractivity (Wildman–Crippen MR) is 86.2 cm³/mol. The number of hydrogen-bond acceptors (Lipinski definition) is 2. The van der Waals surface area contributed by atoms with E-state index in [2.05, 4.69) is 20.8 Å². The van der Waals surface area contributed by atoms with Gasteiger partial charge in [0.1, 0.15) is 0 Å². The van der Waals surface area contributed by atoms with Crippen molar-refractivity contribution < 1.29 is 9.47 Å². The summed E-state index contributed by atoms with van der Waals surface area (Å²) in [6.07, 6.45) is 4.72. The molecule has 3 heteroatoms. The van der Waals surface area contributed by atoms with Crippen LogP contribution in [0.1, 0.15) is 56.0 Å². The molecule has 0 aliphatic carbocycles. The van der Waals surface area contributed by atoms with Crippen LogP contribution in [0, 0.1) is 12.8 Å². The fourth-order valence-corrected chi connectivity index (χ4v) is 3.11. The topological polar surface area (TPSA) is 18.5 Å². The molecule has 2 unspecified atom stereocenters. The average Bonchev–Trinajstić information content (AvgIpc) is 2.47. The molecule has 0 radical (unpaired) electrons. The maximum absolute atomic E-state index is 6.74. The quantitative estimate of drug-likeness (QED) is 0.589. The largest absolute Gasteiger partial charge is 0.493 e. The van der Waals surface area contributed by atoms with Gasteiger partial charge in [0.25, 0.3) is 0 Å². The van der Waals surface area contributed by atoms with E-state index in [9.17, 15) is 0 Å². The van der Waals surface area contributed by atoms with Crippen molar-refractivity contribution in [1.82, 2.24) is 0 Å². The highest BCUT2D eigenvalue weighted by molar-refractivity contribution is 6.21. The summed E-state index contributed by atoms with van der Waals surface area (Å²) in [6, 6.07) is 4.04. The zero-order valence-electron chi connectivity index (χ0n) is 13.3. The van der Waals surface area contributed by atoms with Crippen LogP contribution in [0.5, 0.6) is 11.5 Å². The van der Waals surface area contributed by atoms with E-state index in [4.69, 9.17) is 21.1 Å². The summed E-state index contributed by atoms with van der Waals surface area (Å²) < 4.78 is 10.7. The van der Waals surface area contributed by atoms with E-state index < -0.39 is 0 Å². The third-order valence-electron chi connectivity index (χ3n) is 3.94. The van der Waals surface area contributed by atoms with Gasteiger partial charge in [-0.25, -0.2) is 0 Å². The van der Waals surface area contributed by atoms with E-state index in [1.54, 1.807) is 14.2 Å². The van der Waals surface area contributed by atoms with E-state index in [1.807, 2.05) is 12.1 Å². The molecule has 20 heavy (non-hydrogen) atoms. The third kappa shape index (κ3) is 4.05. The molecular weight excluding hydrogens is 272 g/mol. The zero-order chi connectivity index (χ0) is 15.1. The first kappa shape index (κ1) is 17.2. The molecule has 0 saturated carbocycles. The van der Waals surface area contributed by atoms with Crippen LogP contribution in [0.25, 0.3) is 0 Å². The lowest BCUT2D eigenvalue weighted by molar-refractivity contribution is 0.353. The fourth-order valence-electron chi connectivity index (χ4n) is 2.57. The Kier molecular flexibility index (Phi) is 7.22. The van der Waals surface area contributed by atoms with Gasteiger partial charge in [0, 0.05) is 0 Å². The minimum atomic E-state index is 0.0337. The normalized spacial score (nSPS) is 13.9. The number of benzene rings is 1. The molecule has 2 nitrogen and oxygen atoms in total. The molecule has 0 N–H and O–H groups in total. The van der Waals surface area contributed by atoms with Crippen LogP contribution in [0.2, 0.25) is 0 Å². The lowest BCUT2D eigenvalue weighted by atomic mass is 9.89. The first-order valence-corrected chi connectivity index (χ1v) is 7.89. The van der Waals surface area contributed by atoms with Gasteiger partial charge >= 0.3 is 0 Å². The SMILES string of the molecule is CCCCC(CC)C(Cl)c1cc(OC)c(OC)cc1C. The van der Waals surface area contributed by atoms with Crippen molar-refractivity contribution in [3.8, 4) is 11.5 Å². The Bertz CT molecular complexity index is 418. The lowest BCUT2D eigenvalue weighted by Gasteiger charge is -2.23. The van der Waals surface area contributed by atoms with E-state index in [-0.39, 0.29) is 5.38 Å². The lowest BCUT2D eigenvalue weighted by Crippen LogP contribution is -2.09. The second-order valence-corrected chi connectivity index (χ2v) is 5.75. The van der Waals surface area contributed by atoms with Crippen molar-refractivity contribution in [2.45, 2.75) is 51.8 Å². The molecular formula is C17H27ClO2. The Morgan fingerprint density at radius 2 is 1.70 bits per heavy atom. The number of alkyl halides is 1. The smallest absolute Gasteiger partial charge is 0.161 e. The minimum Gasteiger partial charge on any atom is -0.493 e. The predicted octanol–water partition coefficient (Wildman–Crippen LogP) is 5.51. The van der Waals surface area contributed by atoms with E-state index in [0.29, 0.717) is 5.92 Å². The third-order valence-corrected chi connectivity index (χ3v) is 4.53. The van der Waals surface area contributed by atoms with Crippen molar-refractivity contribution in [2.75, 3.05) is 14.2 Å². The number of halogens is 1. The molecule has 0 saturated heterocycles. The molecule has 0 aromatic heterocycles. The zero-order valence-corrected chi connectivity index (χ0v) is 14.1. The van der Waals surface area contributed by atoms with Crippen molar-refractivity contribution >= 4 is 11.6 Å². The fraction of sp³-hybridized carbons (Fsp3) is 0.647. The molecule has 2 atom stereocenters. The van der Waals surface area contributed by atoms with Gasteiger partial charge in [0.05, 0.1) is 19.6 Å². The molecule has 1 aromatic rings. The summed E-state index contributed by atoms with van der Waals surface area (Å²) in [5, 5.41) is 0.0337. The first-order valence-electron chi connectivity index (χ1n) is 7.45. The van der Waals surface area contributed by atoms with E-state index in [0.717, 1.165) is 29.0 Å². The number of ether oxygens (including phenoxy) is 2. The van der Waals surface area contributed by atoms with Gasteiger partial charge in [-0.2, -0.15) is 0 Å². The van der Waals surface area contributed by atoms with Crippen molar-refractivity contribution in [2.24, 2.45) is 5.92 Å². The van der Waals surface area contributed by atoms with Crippen LogP contribution in [0.4, 0.5) is 0 Å². The molecule has 0 aliphatic heterocycles. The van der Waals surface area contributed by atoms with Crippen molar-refractivity contribution in [3.05, 3.63) is 23.3 Å². The summed E-state index contributed by atoms with van der Waals surface area (Å²) in [4.78, 5) is 0. The summed E-state index contributed by atoms with van der Waals surface area (Å²) in [6.45, 7) is 6.52. The molecule has 114 valence electrons. The highest BCUT2D eigenvalue weighted by Gasteiger charge is 2.22. The van der Waals surface area contributed by atoms with Crippen LogP contribution in [0.15, 0.2) is 12.1 Å². The standard InChI is InChI=1S/C17H27ClO2/c1-6-8-9-13(7-2)17(18)14-11-16(20-5)15(19-4)10-12(14)3/h10-11,13,17H,6-9H2,1-5H3. The van der Waals surface area contributed by atoms with Crippen LogP contribution in [-0.4, -0.2) is 14.2 Å². The summed E-state index contributed by atoms with van der Waals surface area (Å²) in [5.41, 5.74) is 2.32. The number of aryl methyl sites for hydroxylation is 1. The summed E-state index contributed by atoms with van der Waals surface area (Å²) in [5.74, 6) is 2.02. The average molecular weight is 299 g/mol. The van der Waals surface area contributed by atoms with Gasteiger partial charge in [-0.15, -0.1) is 11.6 Å². The Hall–Kier alpha value is -0.890. The monoisotopic (exact) mass is 298 g/mol. The van der Waals surface area contributed by atoms with E-state index >= 15 is 0 Å². The maximum Gasteiger partial charge on any atom is 0.161 e. The van der Waals surface area contributed by atoms with Crippen molar-refractivity contribution in [1.29, 1.82) is 0 Å². The number of rotatable bonds is 8. The molecule has 1 rings (SSSR count). The second-order valence-electron chi connectivity index (χ2n) is 5.28. The second kappa shape index (κ2) is 8.41. The Morgan fingerprint density at radius 1 is 1.10 bits per heavy atom. The Morgan fingerprint density at radius 3 is 2.20 bits per heavy atom. The molecule has 0 fully saturated rings. The first-order chi connectivity index (χ1) is 9.58. The molecule has 0 heterocycles. The highest BCUT2D eigenvalue weighted by atomic mass is 35.5. The van der Waals surface area contributed by atoms with Gasteiger partial charge in [-0.1, -0.05) is 33.1 Å². The van der Waals surface area contributed by atoms with Gasteiger partial charge in [0.2, 0.25) is 0 Å². The Labute approximate surface area is 128 Å². The van der Waals surface area contributed by atoms with Gasteiger partial charge in [-0.3, -0.25) is 0 Å². The minimum absolute atomic E-state index is 0.0337. The summed E-state index contributed by atoms with van der Waals surface area (Å²) >= 11 is 6.74. The van der Waals surface area contributed by atoms with E-state index in [1.165, 1.54) is 19.3 Å². The molecule has 0 spiro atoms. The van der Waals surface area contributed by atoms with Crippen LogP contribution >= 0.6 is 11.6 Å². The molecule has 1 aromatic carbocycles. The highest BCUT2D eigenvalue weighted by Crippen LogP contribution is 2.40. The van der Waals surface area contributed by atoms with Crippen molar-refractivity contribution in [3.63, 3.8) is 0 Å². The maximum atomic E-state index is 6.74. The van der Waals surface area contributed by atoms with Crippen LogP contribution in [-0.2, 0) is 0 Å². The van der Waals surface area contributed by atoms with Gasteiger partial charge in [-0.05, 0) is 42.5 Å². The molecule has 0 bridgehead atoms. The van der Waals surface area contributed by atoms with Crippen LogP contribution < -0.4 is 9.47 Å².